The maximum absolute atomic E-state index is 11.5. The quantitative estimate of drug-likeness (QED) is 0.877. The van der Waals surface area contributed by atoms with Crippen LogP contribution in [0, 0.1) is 0 Å². The largest absolute Gasteiger partial charge is 0.491 e. The summed E-state index contributed by atoms with van der Waals surface area (Å²) in [5.74, 6) is 0.550. The third kappa shape index (κ3) is 3.58. The van der Waals surface area contributed by atoms with Crippen molar-refractivity contribution in [3.8, 4) is 5.75 Å². The molecule has 1 N–H and O–H groups in total. The van der Waals surface area contributed by atoms with Gasteiger partial charge in [-0.3, -0.25) is 4.79 Å². The smallest absolute Gasteiger partial charge is 0.243 e. The van der Waals surface area contributed by atoms with Crippen molar-refractivity contribution < 1.29 is 9.53 Å². The minimum Gasteiger partial charge on any atom is -0.491 e. The number of carbonyl (C=O) groups excluding carboxylic acids is 1. The van der Waals surface area contributed by atoms with Gasteiger partial charge in [-0.25, -0.2) is 4.98 Å². The van der Waals surface area contributed by atoms with E-state index in [0.29, 0.717) is 5.13 Å². The number of nitrogens with one attached hydrogen (secondary N) is 1. The van der Waals surface area contributed by atoms with E-state index in [9.17, 15) is 4.79 Å². The molecule has 1 amide bonds. The van der Waals surface area contributed by atoms with Gasteiger partial charge in [-0.2, -0.15) is 0 Å². The number of hydrogen-bond donors (Lipinski definition) is 1. The first-order valence-corrected chi connectivity index (χ1v) is 7.23. The summed E-state index contributed by atoms with van der Waals surface area (Å²) < 4.78 is 6.59. The number of anilines is 1. The zero-order valence-electron chi connectivity index (χ0n) is 10.9. The van der Waals surface area contributed by atoms with E-state index in [0.717, 1.165) is 16.0 Å². The van der Waals surface area contributed by atoms with Gasteiger partial charge < -0.3 is 10.1 Å². The number of aromatic nitrogens is 1. The molecule has 0 unspecified atom stereocenters. The van der Waals surface area contributed by atoms with Gasteiger partial charge in [0.1, 0.15) is 11.1 Å². The number of amides is 1. The molecule has 2 aromatic rings. The van der Waals surface area contributed by atoms with Crippen molar-refractivity contribution in [2.45, 2.75) is 32.3 Å². The summed E-state index contributed by atoms with van der Waals surface area (Å²) in [4.78, 5) is 15.8. The molecule has 0 saturated heterocycles. The second-order valence-corrected chi connectivity index (χ2v) is 6.11. The highest BCUT2D eigenvalue weighted by atomic mass is 35.5. The molecule has 0 aliphatic heterocycles. The van der Waals surface area contributed by atoms with Crippen molar-refractivity contribution in [3.05, 3.63) is 18.2 Å². The molecule has 0 bridgehead atoms. The van der Waals surface area contributed by atoms with Crippen molar-refractivity contribution in [3.63, 3.8) is 0 Å². The maximum atomic E-state index is 11.5. The van der Waals surface area contributed by atoms with Crippen LogP contribution in [0.2, 0.25) is 0 Å². The van der Waals surface area contributed by atoms with Gasteiger partial charge in [0.05, 0.1) is 16.3 Å². The number of alkyl halides is 1. The van der Waals surface area contributed by atoms with E-state index in [1.165, 1.54) is 11.3 Å². The SMILES string of the molecule is CC(C)Oc1ccc2nc(NC(=O)[C@H](C)Cl)sc2c1. The number of halogens is 1. The first kappa shape index (κ1) is 14.1. The highest BCUT2D eigenvalue weighted by Crippen LogP contribution is 2.29. The van der Waals surface area contributed by atoms with E-state index in [-0.39, 0.29) is 12.0 Å². The summed E-state index contributed by atoms with van der Waals surface area (Å²) in [6.07, 6.45) is 0.127. The fourth-order valence-corrected chi connectivity index (χ4v) is 2.46. The topological polar surface area (TPSA) is 51.2 Å². The number of rotatable bonds is 4. The molecule has 0 radical (unpaired) electrons. The van der Waals surface area contributed by atoms with Crippen LogP contribution in [0.3, 0.4) is 0 Å². The lowest BCUT2D eigenvalue weighted by Crippen LogP contribution is -2.19. The van der Waals surface area contributed by atoms with E-state index in [4.69, 9.17) is 16.3 Å². The van der Waals surface area contributed by atoms with Gasteiger partial charge in [0.2, 0.25) is 5.91 Å². The molecule has 0 fully saturated rings. The standard InChI is InChI=1S/C13H15ClN2O2S/c1-7(2)18-9-4-5-10-11(6-9)19-13(15-10)16-12(17)8(3)14/h4-8H,1-3H3,(H,15,16,17)/t8-/m0/s1. The maximum Gasteiger partial charge on any atom is 0.243 e. The van der Waals surface area contributed by atoms with Gasteiger partial charge in [-0.1, -0.05) is 11.3 Å². The summed E-state index contributed by atoms with van der Waals surface area (Å²) >= 11 is 7.11. The fourth-order valence-electron chi connectivity index (χ4n) is 1.51. The number of fused-ring (bicyclic) bond motifs is 1. The number of benzene rings is 1. The van der Waals surface area contributed by atoms with E-state index in [1.54, 1.807) is 6.92 Å². The molecule has 1 heterocycles. The summed E-state index contributed by atoms with van der Waals surface area (Å²) in [6, 6.07) is 5.67. The molecule has 0 aliphatic carbocycles. The third-order valence-electron chi connectivity index (χ3n) is 2.32. The molecule has 2 rings (SSSR count). The third-order valence-corrected chi connectivity index (χ3v) is 3.45. The van der Waals surface area contributed by atoms with Gasteiger partial charge >= 0.3 is 0 Å². The van der Waals surface area contributed by atoms with Crippen LogP contribution in [0.4, 0.5) is 5.13 Å². The average molecular weight is 299 g/mol. The molecule has 1 aromatic heterocycles. The number of carbonyl (C=O) groups is 1. The molecule has 0 spiro atoms. The predicted octanol–water partition coefficient (Wildman–Crippen LogP) is 3.65. The molecule has 0 aliphatic rings. The molecule has 1 atom stereocenters. The first-order valence-electron chi connectivity index (χ1n) is 5.98. The van der Waals surface area contributed by atoms with Crippen LogP contribution >= 0.6 is 22.9 Å². The molecule has 19 heavy (non-hydrogen) atoms. The average Bonchev–Trinajstić information content (AvgIpc) is 2.69. The number of ether oxygens (including phenoxy) is 1. The van der Waals surface area contributed by atoms with Crippen LogP contribution in [-0.2, 0) is 4.79 Å². The molecule has 1 aromatic carbocycles. The Morgan fingerprint density at radius 2 is 2.16 bits per heavy atom. The lowest BCUT2D eigenvalue weighted by atomic mass is 10.3. The molecule has 4 nitrogen and oxygen atoms in total. The second kappa shape index (κ2) is 5.75. The van der Waals surface area contributed by atoms with E-state index < -0.39 is 5.38 Å². The van der Waals surface area contributed by atoms with Gasteiger partial charge in [-0.15, -0.1) is 11.6 Å². The van der Waals surface area contributed by atoms with Crippen LogP contribution in [-0.4, -0.2) is 22.4 Å². The summed E-state index contributed by atoms with van der Waals surface area (Å²) in [5, 5.41) is 2.66. The van der Waals surface area contributed by atoms with Crippen molar-refractivity contribution in [1.29, 1.82) is 0 Å². The molecule has 0 saturated carbocycles. The highest BCUT2D eigenvalue weighted by Gasteiger charge is 2.12. The Balaban J connectivity index is 2.23. The van der Waals surface area contributed by atoms with Crippen molar-refractivity contribution in [2.24, 2.45) is 0 Å². The van der Waals surface area contributed by atoms with E-state index in [2.05, 4.69) is 10.3 Å². The van der Waals surface area contributed by atoms with E-state index in [1.807, 2.05) is 32.0 Å². The lowest BCUT2D eigenvalue weighted by Gasteiger charge is -2.08. The Morgan fingerprint density at radius 3 is 2.79 bits per heavy atom. The van der Waals surface area contributed by atoms with Crippen molar-refractivity contribution in [1.82, 2.24) is 4.98 Å². The molecule has 102 valence electrons. The Bertz CT molecular complexity index is 595. The monoisotopic (exact) mass is 298 g/mol. The van der Waals surface area contributed by atoms with Gasteiger partial charge in [0, 0.05) is 0 Å². The Labute approximate surface area is 120 Å². The van der Waals surface area contributed by atoms with Crippen LogP contribution in [0.5, 0.6) is 5.75 Å². The molecular weight excluding hydrogens is 284 g/mol. The summed E-state index contributed by atoms with van der Waals surface area (Å²) in [5.41, 5.74) is 0.832. The van der Waals surface area contributed by atoms with Crippen LogP contribution in [0.25, 0.3) is 10.2 Å². The van der Waals surface area contributed by atoms with Crippen molar-refractivity contribution >= 4 is 44.2 Å². The lowest BCUT2D eigenvalue weighted by molar-refractivity contribution is -0.115. The minimum atomic E-state index is -0.577. The fraction of sp³-hybridized carbons (Fsp3) is 0.385. The van der Waals surface area contributed by atoms with Crippen molar-refractivity contribution in [2.75, 3.05) is 5.32 Å². The zero-order chi connectivity index (χ0) is 14.0. The number of thiazole rings is 1. The number of nitrogens with zero attached hydrogens (tertiary/aromatic N) is 1. The predicted molar refractivity (Wildman–Crippen MR) is 79.3 cm³/mol. The van der Waals surface area contributed by atoms with Gasteiger partial charge in [-0.05, 0) is 39.0 Å². The number of hydrogen-bond acceptors (Lipinski definition) is 4. The normalized spacial score (nSPS) is 12.7. The Kier molecular flexibility index (Phi) is 4.27. The van der Waals surface area contributed by atoms with Gasteiger partial charge in [0.25, 0.3) is 0 Å². The minimum absolute atomic E-state index is 0.127. The van der Waals surface area contributed by atoms with Crippen LogP contribution in [0.15, 0.2) is 18.2 Å². The highest BCUT2D eigenvalue weighted by molar-refractivity contribution is 7.22. The van der Waals surface area contributed by atoms with Crippen LogP contribution in [0.1, 0.15) is 20.8 Å². The first-order chi connectivity index (χ1) is 8.95. The second-order valence-electron chi connectivity index (χ2n) is 4.42. The van der Waals surface area contributed by atoms with E-state index >= 15 is 0 Å². The van der Waals surface area contributed by atoms with Gasteiger partial charge in [0.15, 0.2) is 5.13 Å². The molecule has 6 heteroatoms. The molecular formula is C13H15ClN2O2S. The van der Waals surface area contributed by atoms with Crippen LogP contribution < -0.4 is 10.1 Å². The summed E-state index contributed by atoms with van der Waals surface area (Å²) in [6.45, 7) is 5.58. The summed E-state index contributed by atoms with van der Waals surface area (Å²) in [7, 11) is 0. The Morgan fingerprint density at radius 1 is 1.42 bits per heavy atom. The zero-order valence-corrected chi connectivity index (χ0v) is 12.5. The Hall–Kier alpha value is -1.33.